The van der Waals surface area contributed by atoms with Crippen molar-refractivity contribution in [1.29, 1.82) is 0 Å². The summed E-state index contributed by atoms with van der Waals surface area (Å²) in [4.78, 5) is 21.2. The van der Waals surface area contributed by atoms with Gasteiger partial charge in [0.25, 0.3) is 0 Å². The summed E-state index contributed by atoms with van der Waals surface area (Å²) in [6, 6.07) is 5.05. The third kappa shape index (κ3) is 6.51. The van der Waals surface area contributed by atoms with Crippen LogP contribution < -0.4 is 52.0 Å². The second-order valence-electron chi connectivity index (χ2n) is 4.79. The van der Waals surface area contributed by atoms with Gasteiger partial charge in [0, 0.05) is 5.56 Å². The van der Waals surface area contributed by atoms with Crippen LogP contribution in [0.5, 0.6) is 5.75 Å². The maximum Gasteiger partial charge on any atom is 1.00 e. The van der Waals surface area contributed by atoms with E-state index in [0.29, 0.717) is 5.56 Å². The molecule has 0 spiro atoms. The van der Waals surface area contributed by atoms with Crippen LogP contribution in [-0.2, 0) is 9.98 Å². The molecule has 0 heterocycles. The Hall–Kier alpha value is 0.365. The Morgan fingerprint density at radius 3 is 2.06 bits per heavy atom. The van der Waals surface area contributed by atoms with Crippen LogP contribution in [0.4, 0.5) is 0 Å². The first-order valence-electron chi connectivity index (χ1n) is 4.92. The Morgan fingerprint density at radius 1 is 1.17 bits per heavy atom. The van der Waals surface area contributed by atoms with E-state index in [0.717, 1.165) is 5.56 Å². The van der Waals surface area contributed by atoms with Crippen LogP contribution in [0.2, 0.25) is 0 Å². The number of aryl methyl sites for hydroxylation is 1. The molecule has 0 atom stereocenters. The normalized spacial score (nSPS) is 11.2. The van der Waals surface area contributed by atoms with Crippen molar-refractivity contribution in [2.45, 2.75) is 33.1 Å². The fraction of sp³-hybridized carbons (Fsp3) is 0.455. The Kier molecular flexibility index (Phi) is 8.30. The van der Waals surface area contributed by atoms with Gasteiger partial charge in [-0.25, -0.2) is 0 Å². The molecule has 0 aromatic heterocycles. The zero-order chi connectivity index (χ0) is 12.6. The van der Waals surface area contributed by atoms with E-state index in [-0.39, 0.29) is 48.9 Å². The second kappa shape index (κ2) is 7.23. The smallest absolute Gasteiger partial charge is 0.780 e. The summed E-state index contributed by atoms with van der Waals surface area (Å²) >= 11 is 0. The average Bonchev–Trinajstić information content (AvgIpc) is 2.04. The van der Waals surface area contributed by atoms with Gasteiger partial charge in [-0.05, 0) is 18.4 Å². The molecule has 0 saturated carbocycles. The molecule has 0 N–H and O–H groups in total. The first kappa shape index (κ1) is 20.7. The van der Waals surface area contributed by atoms with Crippen molar-refractivity contribution in [3.63, 3.8) is 0 Å². The van der Waals surface area contributed by atoms with Gasteiger partial charge in [-0.15, -0.1) is 0 Å². The van der Waals surface area contributed by atoms with Crippen molar-refractivity contribution < 1.29 is 56.6 Å². The summed E-state index contributed by atoms with van der Waals surface area (Å²) in [6.07, 6.45) is 0. The molecule has 0 saturated heterocycles. The molecule has 0 aliphatic heterocycles. The van der Waals surface area contributed by atoms with Crippen molar-refractivity contribution in [3.05, 3.63) is 29.3 Å². The Labute approximate surface area is 132 Å². The minimum atomic E-state index is -5.00. The molecule has 4 nitrogen and oxygen atoms in total. The molecule has 1 rings (SSSR count). The number of hydrogen-bond acceptors (Lipinski definition) is 4. The number of rotatable bonds is 2. The van der Waals surface area contributed by atoms with E-state index in [1.165, 1.54) is 6.07 Å². The van der Waals surface area contributed by atoms with Crippen LogP contribution in [-0.4, -0.2) is 0 Å². The molecule has 18 heavy (non-hydrogen) atoms. The fourth-order valence-electron chi connectivity index (χ4n) is 1.43. The number of hydrogen-bond donors (Lipinski definition) is 0. The fourth-order valence-corrected chi connectivity index (χ4v) is 1.83. The molecule has 0 amide bonds. The van der Waals surface area contributed by atoms with Crippen molar-refractivity contribution in [3.8, 4) is 5.75 Å². The molecular weight excluding hydrogens is 241 g/mol. The molecular formula is C11H15Li2O4P. The molecule has 0 bridgehead atoms. The largest absolute Gasteiger partial charge is 1.00 e. The van der Waals surface area contributed by atoms with Gasteiger partial charge in [0.2, 0.25) is 0 Å². The first-order chi connectivity index (χ1) is 7.09. The van der Waals surface area contributed by atoms with Gasteiger partial charge in [-0.2, -0.15) is 0 Å². The first-order valence-corrected chi connectivity index (χ1v) is 6.38. The third-order valence-electron chi connectivity index (χ3n) is 2.15. The summed E-state index contributed by atoms with van der Waals surface area (Å²) in [5.41, 5.74) is 1.42. The quantitative estimate of drug-likeness (QED) is 0.395. The van der Waals surface area contributed by atoms with Gasteiger partial charge in [0.15, 0.2) is 0 Å². The van der Waals surface area contributed by atoms with Crippen molar-refractivity contribution >= 4 is 7.82 Å². The van der Waals surface area contributed by atoms with Crippen LogP contribution >= 0.6 is 7.82 Å². The van der Waals surface area contributed by atoms with Crippen LogP contribution in [0, 0.1) is 6.92 Å². The number of phosphoric acid groups is 1. The molecule has 0 fully saturated rings. The van der Waals surface area contributed by atoms with Crippen LogP contribution in [0.25, 0.3) is 0 Å². The van der Waals surface area contributed by atoms with Crippen molar-refractivity contribution in [2.24, 2.45) is 0 Å². The van der Waals surface area contributed by atoms with Crippen molar-refractivity contribution in [2.75, 3.05) is 0 Å². The summed E-state index contributed by atoms with van der Waals surface area (Å²) in [7, 11) is -5.00. The zero-order valence-corrected chi connectivity index (χ0v) is 12.7. The van der Waals surface area contributed by atoms with E-state index in [1.807, 2.05) is 33.8 Å². The predicted octanol–water partition coefficient (Wildman–Crippen LogP) is -4.49. The molecule has 0 aliphatic rings. The Balaban J connectivity index is 0. The van der Waals surface area contributed by atoms with Gasteiger partial charge >= 0.3 is 37.7 Å². The Morgan fingerprint density at radius 2 is 1.67 bits per heavy atom. The van der Waals surface area contributed by atoms with E-state index < -0.39 is 7.82 Å². The van der Waals surface area contributed by atoms with E-state index in [9.17, 15) is 14.4 Å². The van der Waals surface area contributed by atoms with Gasteiger partial charge in [-0.3, -0.25) is 0 Å². The van der Waals surface area contributed by atoms with E-state index in [2.05, 4.69) is 4.52 Å². The SMILES string of the molecule is Cc1ccc(OP(=O)([O-])[O-])c(C(C)(C)C)c1.[Li+].[Li+]. The van der Waals surface area contributed by atoms with Crippen molar-refractivity contribution in [1.82, 2.24) is 0 Å². The van der Waals surface area contributed by atoms with Crippen LogP contribution in [0.3, 0.4) is 0 Å². The van der Waals surface area contributed by atoms with Gasteiger partial charge in [0.1, 0.15) is 13.6 Å². The molecule has 7 heteroatoms. The monoisotopic (exact) mass is 256 g/mol. The molecule has 1 aromatic rings. The molecule has 0 aliphatic carbocycles. The topological polar surface area (TPSA) is 72.4 Å². The average molecular weight is 256 g/mol. The van der Waals surface area contributed by atoms with E-state index in [4.69, 9.17) is 0 Å². The van der Waals surface area contributed by atoms with Gasteiger partial charge in [-0.1, -0.05) is 38.5 Å². The summed E-state index contributed by atoms with van der Waals surface area (Å²) in [6.45, 7) is 7.67. The van der Waals surface area contributed by atoms with Crippen LogP contribution in [0.1, 0.15) is 31.9 Å². The summed E-state index contributed by atoms with van der Waals surface area (Å²) in [5.74, 6) is 0.117. The number of phosphoric ester groups is 1. The van der Waals surface area contributed by atoms with E-state index in [1.54, 1.807) is 6.07 Å². The maximum absolute atomic E-state index is 10.6. The summed E-state index contributed by atoms with van der Waals surface area (Å²) in [5, 5.41) is 0. The second-order valence-corrected chi connectivity index (χ2v) is 5.87. The molecule has 0 radical (unpaired) electrons. The number of benzene rings is 1. The van der Waals surface area contributed by atoms with Gasteiger partial charge in [0.05, 0.1) is 0 Å². The Bertz CT molecular complexity index is 437. The minimum Gasteiger partial charge on any atom is -0.780 e. The molecule has 1 aromatic carbocycles. The predicted molar refractivity (Wildman–Crippen MR) is 58.1 cm³/mol. The summed E-state index contributed by atoms with van der Waals surface area (Å²) < 4.78 is 15.1. The molecule has 90 valence electrons. The maximum atomic E-state index is 10.6. The molecule has 0 unspecified atom stereocenters. The van der Waals surface area contributed by atoms with E-state index >= 15 is 0 Å². The minimum absolute atomic E-state index is 0. The standard InChI is InChI=1S/C11H17O4P.2Li/c1-8-5-6-10(15-16(12,13)14)9(7-8)11(2,3)4;;/h5-7H,1-4H3,(H2,12,13,14);;/q;2*+1/p-2. The van der Waals surface area contributed by atoms with Crippen LogP contribution in [0.15, 0.2) is 18.2 Å². The third-order valence-corrected chi connectivity index (χ3v) is 2.57. The zero-order valence-electron chi connectivity index (χ0n) is 11.8. The van der Waals surface area contributed by atoms with Gasteiger partial charge < -0.3 is 18.9 Å².